The van der Waals surface area contributed by atoms with Crippen LogP contribution in [0.15, 0.2) is 0 Å². The second-order valence-corrected chi connectivity index (χ2v) is 3.18. The van der Waals surface area contributed by atoms with Crippen LogP contribution in [0, 0.1) is 0 Å². The Morgan fingerprint density at radius 1 is 1.60 bits per heavy atom. The van der Waals surface area contributed by atoms with Crippen molar-refractivity contribution in [3.05, 3.63) is 0 Å². The van der Waals surface area contributed by atoms with Gasteiger partial charge in [0.05, 0.1) is 0 Å². The molecule has 1 fully saturated rings. The van der Waals surface area contributed by atoms with Gasteiger partial charge in [0.15, 0.2) is 0 Å². The van der Waals surface area contributed by atoms with Gasteiger partial charge < -0.3 is 5.32 Å². The Morgan fingerprint density at radius 2 is 2.40 bits per heavy atom. The van der Waals surface area contributed by atoms with Crippen LogP contribution in [-0.2, 0) is 0 Å². The normalized spacial score (nSPS) is 34.2. The summed E-state index contributed by atoms with van der Waals surface area (Å²) in [7, 11) is 0. The van der Waals surface area contributed by atoms with Crippen LogP contribution in [0.3, 0.4) is 0 Å². The number of hydrogen-bond donors (Lipinski definition) is 1. The van der Waals surface area contributed by atoms with E-state index in [0.29, 0.717) is 6.54 Å². The van der Waals surface area contributed by atoms with Gasteiger partial charge in [-0.15, -0.1) is 0 Å². The minimum absolute atomic E-state index is 0.570. The molecule has 1 aliphatic heterocycles. The van der Waals surface area contributed by atoms with Crippen molar-refractivity contribution in [1.29, 1.82) is 0 Å². The molecule has 0 aromatic carbocycles. The van der Waals surface area contributed by atoms with E-state index in [4.69, 9.17) is 0 Å². The Hall–Kier alpha value is -0.110. The number of alkyl halides is 1. The van der Waals surface area contributed by atoms with Crippen LogP contribution in [0.25, 0.3) is 0 Å². The molecular formula is C8H16FN. The van der Waals surface area contributed by atoms with Gasteiger partial charge in [-0.1, -0.05) is 13.3 Å². The van der Waals surface area contributed by atoms with Gasteiger partial charge in [-0.25, -0.2) is 4.39 Å². The zero-order valence-electron chi connectivity index (χ0n) is 6.62. The Morgan fingerprint density at radius 3 is 2.90 bits per heavy atom. The molecule has 1 nitrogen and oxygen atoms in total. The van der Waals surface area contributed by atoms with E-state index >= 15 is 0 Å². The quantitative estimate of drug-likeness (QED) is 0.625. The maximum absolute atomic E-state index is 13.5. The SMILES string of the molecule is CCC[C@@]1(F)CCCNC1. The summed E-state index contributed by atoms with van der Waals surface area (Å²) in [5, 5.41) is 3.09. The van der Waals surface area contributed by atoms with Crippen molar-refractivity contribution in [1.82, 2.24) is 5.32 Å². The molecule has 1 N–H and O–H groups in total. The first-order valence-electron chi connectivity index (χ1n) is 4.16. The van der Waals surface area contributed by atoms with Crippen LogP contribution >= 0.6 is 0 Å². The monoisotopic (exact) mass is 145 g/mol. The molecule has 0 aromatic rings. The molecule has 0 aromatic heterocycles. The summed E-state index contributed by atoms with van der Waals surface area (Å²) in [6, 6.07) is 0. The zero-order chi connectivity index (χ0) is 7.45. The number of piperidine rings is 1. The molecule has 0 saturated carbocycles. The van der Waals surface area contributed by atoms with E-state index in [2.05, 4.69) is 5.32 Å². The summed E-state index contributed by atoms with van der Waals surface area (Å²) >= 11 is 0. The summed E-state index contributed by atoms with van der Waals surface area (Å²) < 4.78 is 13.5. The van der Waals surface area contributed by atoms with Gasteiger partial charge in [0.25, 0.3) is 0 Å². The number of nitrogens with one attached hydrogen (secondary N) is 1. The largest absolute Gasteiger partial charge is 0.314 e. The van der Waals surface area contributed by atoms with Crippen molar-refractivity contribution in [3.63, 3.8) is 0 Å². The predicted octanol–water partition coefficient (Wildman–Crippen LogP) is 1.88. The van der Waals surface area contributed by atoms with E-state index in [1.807, 2.05) is 6.92 Å². The molecule has 1 atom stereocenters. The van der Waals surface area contributed by atoms with Crippen LogP contribution in [0.2, 0.25) is 0 Å². The Labute approximate surface area is 62.0 Å². The Kier molecular flexibility index (Phi) is 2.66. The fourth-order valence-electron chi connectivity index (χ4n) is 1.59. The first kappa shape index (κ1) is 7.99. The lowest BCUT2D eigenvalue weighted by Crippen LogP contribution is -2.41. The summed E-state index contributed by atoms with van der Waals surface area (Å²) in [4.78, 5) is 0. The van der Waals surface area contributed by atoms with Crippen molar-refractivity contribution in [3.8, 4) is 0 Å². The highest BCUT2D eigenvalue weighted by Crippen LogP contribution is 2.25. The molecular weight excluding hydrogens is 129 g/mol. The second kappa shape index (κ2) is 3.33. The maximum Gasteiger partial charge on any atom is 0.123 e. The van der Waals surface area contributed by atoms with E-state index in [0.717, 1.165) is 32.2 Å². The van der Waals surface area contributed by atoms with Gasteiger partial charge in [-0.3, -0.25) is 0 Å². The van der Waals surface area contributed by atoms with Crippen molar-refractivity contribution < 1.29 is 4.39 Å². The average molecular weight is 145 g/mol. The minimum atomic E-state index is -0.882. The molecule has 0 unspecified atom stereocenters. The summed E-state index contributed by atoms with van der Waals surface area (Å²) in [5.74, 6) is 0. The molecule has 0 amide bonds. The van der Waals surface area contributed by atoms with Crippen molar-refractivity contribution in [2.75, 3.05) is 13.1 Å². The second-order valence-electron chi connectivity index (χ2n) is 3.18. The predicted molar refractivity (Wildman–Crippen MR) is 40.9 cm³/mol. The third-order valence-corrected chi connectivity index (χ3v) is 2.12. The fourth-order valence-corrected chi connectivity index (χ4v) is 1.59. The molecule has 1 rings (SSSR count). The smallest absolute Gasteiger partial charge is 0.123 e. The molecule has 0 aliphatic carbocycles. The lowest BCUT2D eigenvalue weighted by atomic mass is 9.92. The standard InChI is InChI=1S/C8H16FN/c1-2-4-8(9)5-3-6-10-7-8/h10H,2-7H2,1H3/t8-/m1/s1. The van der Waals surface area contributed by atoms with E-state index in [1.54, 1.807) is 0 Å². The van der Waals surface area contributed by atoms with Crippen molar-refractivity contribution in [2.24, 2.45) is 0 Å². The Balaban J connectivity index is 2.32. The number of hydrogen-bond acceptors (Lipinski definition) is 1. The number of halogens is 1. The summed E-state index contributed by atoms with van der Waals surface area (Å²) in [6.45, 7) is 3.60. The van der Waals surface area contributed by atoms with Crippen LogP contribution < -0.4 is 5.32 Å². The maximum atomic E-state index is 13.5. The molecule has 0 radical (unpaired) electrons. The van der Waals surface area contributed by atoms with E-state index in [9.17, 15) is 4.39 Å². The molecule has 0 bridgehead atoms. The summed E-state index contributed by atoms with van der Waals surface area (Å²) in [5.41, 5.74) is -0.882. The first-order chi connectivity index (χ1) is 4.77. The molecule has 60 valence electrons. The first-order valence-corrected chi connectivity index (χ1v) is 4.16. The molecule has 1 aliphatic rings. The van der Waals surface area contributed by atoms with E-state index in [-0.39, 0.29) is 0 Å². The lowest BCUT2D eigenvalue weighted by molar-refractivity contribution is 0.110. The van der Waals surface area contributed by atoms with Crippen molar-refractivity contribution >= 4 is 0 Å². The highest BCUT2D eigenvalue weighted by atomic mass is 19.1. The molecule has 1 saturated heterocycles. The van der Waals surface area contributed by atoms with Gasteiger partial charge in [0, 0.05) is 6.54 Å². The topological polar surface area (TPSA) is 12.0 Å². The van der Waals surface area contributed by atoms with Crippen molar-refractivity contribution in [2.45, 2.75) is 38.3 Å². The van der Waals surface area contributed by atoms with Gasteiger partial charge in [-0.05, 0) is 25.8 Å². The van der Waals surface area contributed by atoms with Crippen LogP contribution in [-0.4, -0.2) is 18.8 Å². The fraction of sp³-hybridized carbons (Fsp3) is 1.00. The lowest BCUT2D eigenvalue weighted by Gasteiger charge is -2.29. The molecule has 1 heterocycles. The van der Waals surface area contributed by atoms with E-state index in [1.165, 1.54) is 0 Å². The third kappa shape index (κ3) is 1.94. The average Bonchev–Trinajstić information content (AvgIpc) is 1.89. The van der Waals surface area contributed by atoms with Gasteiger partial charge in [0.2, 0.25) is 0 Å². The van der Waals surface area contributed by atoms with Gasteiger partial charge in [-0.2, -0.15) is 0 Å². The molecule has 2 heteroatoms. The Bertz CT molecular complexity index is 91.9. The van der Waals surface area contributed by atoms with Gasteiger partial charge in [0.1, 0.15) is 5.67 Å². The minimum Gasteiger partial charge on any atom is -0.314 e. The number of rotatable bonds is 2. The van der Waals surface area contributed by atoms with Crippen LogP contribution in [0.4, 0.5) is 4.39 Å². The van der Waals surface area contributed by atoms with Gasteiger partial charge >= 0.3 is 0 Å². The van der Waals surface area contributed by atoms with E-state index < -0.39 is 5.67 Å². The molecule has 10 heavy (non-hydrogen) atoms. The molecule has 0 spiro atoms. The zero-order valence-corrected chi connectivity index (χ0v) is 6.62. The highest BCUT2D eigenvalue weighted by molar-refractivity contribution is 4.84. The van der Waals surface area contributed by atoms with Crippen LogP contribution in [0.1, 0.15) is 32.6 Å². The summed E-state index contributed by atoms with van der Waals surface area (Å²) in [6.07, 6.45) is 3.43. The highest BCUT2D eigenvalue weighted by Gasteiger charge is 2.29. The van der Waals surface area contributed by atoms with Crippen LogP contribution in [0.5, 0.6) is 0 Å². The third-order valence-electron chi connectivity index (χ3n) is 2.12.